The topological polar surface area (TPSA) is 26.3 Å². The molecule has 78 valence electrons. The van der Waals surface area contributed by atoms with Crippen molar-refractivity contribution in [2.45, 2.75) is 25.9 Å². The molecule has 1 heterocycles. The van der Waals surface area contributed by atoms with Gasteiger partial charge in [0.1, 0.15) is 6.10 Å². The molecule has 1 atom stereocenters. The minimum Gasteiger partial charge on any atom is -0.493 e. The predicted molar refractivity (Wildman–Crippen MR) is 58.4 cm³/mol. The van der Waals surface area contributed by atoms with Gasteiger partial charge in [-0.05, 0) is 17.5 Å². The Morgan fingerprint density at radius 3 is 2.67 bits per heavy atom. The summed E-state index contributed by atoms with van der Waals surface area (Å²) in [7, 11) is 0. The van der Waals surface area contributed by atoms with Crippen LogP contribution in [0.5, 0.6) is 0 Å². The van der Waals surface area contributed by atoms with Crippen LogP contribution in [-0.2, 0) is 16.0 Å². The van der Waals surface area contributed by atoms with Gasteiger partial charge < -0.3 is 4.74 Å². The highest BCUT2D eigenvalue weighted by molar-refractivity contribution is 5.90. The summed E-state index contributed by atoms with van der Waals surface area (Å²) in [4.78, 5) is 11.2. The van der Waals surface area contributed by atoms with Gasteiger partial charge in [0.25, 0.3) is 0 Å². The highest BCUT2D eigenvalue weighted by atomic mass is 16.5. The molecule has 0 radical (unpaired) electrons. The summed E-state index contributed by atoms with van der Waals surface area (Å²) in [6, 6.07) is 8.24. The van der Waals surface area contributed by atoms with Crippen molar-refractivity contribution in [3.05, 3.63) is 47.7 Å². The van der Waals surface area contributed by atoms with E-state index in [4.69, 9.17) is 4.74 Å². The normalized spacial score (nSPS) is 20.1. The van der Waals surface area contributed by atoms with Crippen LogP contribution in [0.4, 0.5) is 0 Å². The van der Waals surface area contributed by atoms with Crippen LogP contribution in [0.2, 0.25) is 0 Å². The maximum atomic E-state index is 11.2. The zero-order chi connectivity index (χ0) is 10.7. The van der Waals surface area contributed by atoms with Crippen LogP contribution in [-0.4, -0.2) is 5.78 Å². The Balaban J connectivity index is 2.15. The van der Waals surface area contributed by atoms with Gasteiger partial charge in [-0.15, -0.1) is 0 Å². The number of ketones is 1. The Labute approximate surface area is 89.6 Å². The molecule has 1 aromatic rings. The maximum Gasteiger partial charge on any atom is 0.162 e. The Morgan fingerprint density at radius 2 is 2.07 bits per heavy atom. The van der Waals surface area contributed by atoms with Gasteiger partial charge in [-0.25, -0.2) is 0 Å². The van der Waals surface area contributed by atoms with Gasteiger partial charge in [0.15, 0.2) is 5.78 Å². The smallest absolute Gasteiger partial charge is 0.162 e. The molecule has 0 amide bonds. The fourth-order valence-corrected chi connectivity index (χ4v) is 1.67. The van der Waals surface area contributed by atoms with E-state index in [1.807, 2.05) is 12.1 Å². The summed E-state index contributed by atoms with van der Waals surface area (Å²) >= 11 is 0. The summed E-state index contributed by atoms with van der Waals surface area (Å²) in [6.07, 6.45) is 4.35. The molecule has 0 aliphatic carbocycles. The fourth-order valence-electron chi connectivity index (χ4n) is 1.67. The van der Waals surface area contributed by atoms with E-state index in [0.717, 1.165) is 12.0 Å². The Bertz CT molecular complexity index is 376. The number of carbonyl (C=O) groups is 1. The standard InChI is InChI=1S/C13H14O2/c1-2-10-3-5-11(6-4-10)13-9-12(14)7-8-15-13/h3-8,13H,2,9H2,1H3/t13-/m1/s1. The third kappa shape index (κ3) is 2.27. The first kappa shape index (κ1) is 9.97. The third-order valence-corrected chi connectivity index (χ3v) is 2.64. The third-order valence-electron chi connectivity index (χ3n) is 2.64. The SMILES string of the molecule is CCc1ccc([C@H]2CC(=O)C=CO2)cc1. The van der Waals surface area contributed by atoms with Crippen LogP contribution in [0.3, 0.4) is 0 Å². The molecule has 2 rings (SSSR count). The number of aryl methyl sites for hydroxylation is 1. The fraction of sp³-hybridized carbons (Fsp3) is 0.308. The van der Waals surface area contributed by atoms with E-state index >= 15 is 0 Å². The van der Waals surface area contributed by atoms with Crippen molar-refractivity contribution in [3.8, 4) is 0 Å². The lowest BCUT2D eigenvalue weighted by atomic mass is 10.0. The molecule has 0 aromatic heterocycles. The first-order valence-corrected chi connectivity index (χ1v) is 5.23. The molecule has 1 aromatic carbocycles. The number of allylic oxidation sites excluding steroid dienone is 1. The Hall–Kier alpha value is -1.57. The van der Waals surface area contributed by atoms with E-state index in [2.05, 4.69) is 19.1 Å². The summed E-state index contributed by atoms with van der Waals surface area (Å²) in [5.74, 6) is 0.130. The number of benzene rings is 1. The highest BCUT2D eigenvalue weighted by Crippen LogP contribution is 2.25. The van der Waals surface area contributed by atoms with Gasteiger partial charge in [0, 0.05) is 6.08 Å². The zero-order valence-corrected chi connectivity index (χ0v) is 8.77. The van der Waals surface area contributed by atoms with Crippen molar-refractivity contribution >= 4 is 5.78 Å². The van der Waals surface area contributed by atoms with Gasteiger partial charge in [-0.1, -0.05) is 31.2 Å². The average Bonchev–Trinajstić information content (AvgIpc) is 2.29. The largest absolute Gasteiger partial charge is 0.493 e. The number of ether oxygens (including phenoxy) is 1. The molecule has 0 fully saturated rings. The van der Waals surface area contributed by atoms with Crippen molar-refractivity contribution in [2.75, 3.05) is 0 Å². The minimum absolute atomic E-state index is 0.103. The molecule has 0 spiro atoms. The first-order chi connectivity index (χ1) is 7.29. The number of carbonyl (C=O) groups excluding carboxylic acids is 1. The molecule has 0 bridgehead atoms. The van der Waals surface area contributed by atoms with E-state index in [1.54, 1.807) is 0 Å². The van der Waals surface area contributed by atoms with E-state index in [-0.39, 0.29) is 11.9 Å². The van der Waals surface area contributed by atoms with E-state index in [0.29, 0.717) is 6.42 Å². The first-order valence-electron chi connectivity index (χ1n) is 5.23. The van der Waals surface area contributed by atoms with Crippen LogP contribution in [0.15, 0.2) is 36.6 Å². The quantitative estimate of drug-likeness (QED) is 0.737. The Kier molecular flexibility index (Phi) is 2.86. The van der Waals surface area contributed by atoms with Gasteiger partial charge in [0.2, 0.25) is 0 Å². The van der Waals surface area contributed by atoms with E-state index < -0.39 is 0 Å². The van der Waals surface area contributed by atoms with Gasteiger partial charge in [-0.3, -0.25) is 4.79 Å². The molecule has 2 nitrogen and oxygen atoms in total. The zero-order valence-electron chi connectivity index (χ0n) is 8.77. The predicted octanol–water partition coefficient (Wildman–Crippen LogP) is 2.79. The van der Waals surface area contributed by atoms with Crippen LogP contribution in [0.1, 0.15) is 30.6 Å². The second-order valence-corrected chi connectivity index (χ2v) is 3.69. The van der Waals surface area contributed by atoms with Gasteiger partial charge in [0.05, 0.1) is 12.7 Å². The van der Waals surface area contributed by atoms with Gasteiger partial charge >= 0.3 is 0 Å². The summed E-state index contributed by atoms with van der Waals surface area (Å²) in [5, 5.41) is 0. The summed E-state index contributed by atoms with van der Waals surface area (Å²) < 4.78 is 5.41. The van der Waals surface area contributed by atoms with Crippen molar-refractivity contribution in [2.24, 2.45) is 0 Å². The molecular formula is C13H14O2. The molecule has 1 aliphatic rings. The number of hydrogen-bond donors (Lipinski definition) is 0. The van der Waals surface area contributed by atoms with E-state index in [1.165, 1.54) is 17.9 Å². The average molecular weight is 202 g/mol. The lowest BCUT2D eigenvalue weighted by Gasteiger charge is -2.19. The van der Waals surface area contributed by atoms with Crippen molar-refractivity contribution in [1.29, 1.82) is 0 Å². The summed E-state index contributed by atoms with van der Waals surface area (Å²) in [6.45, 7) is 2.12. The minimum atomic E-state index is -0.103. The molecular weight excluding hydrogens is 188 g/mol. The highest BCUT2D eigenvalue weighted by Gasteiger charge is 2.18. The van der Waals surface area contributed by atoms with Crippen LogP contribution in [0.25, 0.3) is 0 Å². The van der Waals surface area contributed by atoms with Crippen molar-refractivity contribution < 1.29 is 9.53 Å². The second-order valence-electron chi connectivity index (χ2n) is 3.69. The monoisotopic (exact) mass is 202 g/mol. The molecule has 0 saturated carbocycles. The molecule has 15 heavy (non-hydrogen) atoms. The second kappa shape index (κ2) is 4.30. The lowest BCUT2D eigenvalue weighted by molar-refractivity contribution is -0.118. The number of rotatable bonds is 2. The number of hydrogen-bond acceptors (Lipinski definition) is 2. The van der Waals surface area contributed by atoms with Crippen LogP contribution < -0.4 is 0 Å². The van der Waals surface area contributed by atoms with E-state index in [9.17, 15) is 4.79 Å². The maximum absolute atomic E-state index is 11.2. The molecule has 0 unspecified atom stereocenters. The van der Waals surface area contributed by atoms with Crippen LogP contribution >= 0.6 is 0 Å². The lowest BCUT2D eigenvalue weighted by Crippen LogP contribution is -2.11. The van der Waals surface area contributed by atoms with Crippen molar-refractivity contribution in [3.63, 3.8) is 0 Å². The molecule has 0 N–H and O–H groups in total. The Morgan fingerprint density at radius 1 is 1.33 bits per heavy atom. The summed E-state index contributed by atoms with van der Waals surface area (Å²) in [5.41, 5.74) is 2.38. The van der Waals surface area contributed by atoms with Crippen LogP contribution in [0, 0.1) is 0 Å². The molecule has 2 heteroatoms. The van der Waals surface area contributed by atoms with Crippen molar-refractivity contribution in [1.82, 2.24) is 0 Å². The molecule has 1 aliphatic heterocycles. The molecule has 0 saturated heterocycles. The van der Waals surface area contributed by atoms with Gasteiger partial charge in [-0.2, -0.15) is 0 Å².